The van der Waals surface area contributed by atoms with Gasteiger partial charge in [-0.05, 0) is 25.3 Å². The molecule has 24 heavy (non-hydrogen) atoms. The number of aromatic nitrogens is 1. The smallest absolute Gasteiger partial charge is 0.291 e. The Hall–Kier alpha value is -1.82. The average molecular weight is 386 g/mol. The third-order valence-corrected chi connectivity index (χ3v) is 4.39. The molecule has 0 aliphatic carbocycles. The Morgan fingerprint density at radius 3 is 2.54 bits per heavy atom. The molecule has 1 aromatic carbocycles. The summed E-state index contributed by atoms with van der Waals surface area (Å²) < 4.78 is 0. The van der Waals surface area contributed by atoms with E-state index < -0.39 is 5.91 Å². The number of halogens is 3. The second-order valence-corrected chi connectivity index (χ2v) is 6.18. The van der Waals surface area contributed by atoms with Gasteiger partial charge >= 0.3 is 0 Å². The molecule has 0 fully saturated rings. The van der Waals surface area contributed by atoms with Crippen molar-refractivity contribution in [2.24, 2.45) is 5.10 Å². The first-order valence-electron chi connectivity index (χ1n) is 7.07. The van der Waals surface area contributed by atoms with Crippen LogP contribution < -0.4 is 11.2 Å². The van der Waals surface area contributed by atoms with Crippen LogP contribution in [0, 0.1) is 0 Å². The molecule has 3 N–H and O–H groups in total. The van der Waals surface area contributed by atoms with Crippen molar-refractivity contribution in [1.29, 1.82) is 0 Å². The van der Waals surface area contributed by atoms with Gasteiger partial charge in [0.1, 0.15) is 5.02 Å². The van der Waals surface area contributed by atoms with Gasteiger partial charge < -0.3 is 5.73 Å². The maximum absolute atomic E-state index is 12.1. The number of hydrogen-bond acceptors (Lipinski definition) is 4. The number of pyridine rings is 1. The molecule has 1 aromatic heterocycles. The van der Waals surface area contributed by atoms with E-state index in [1.54, 1.807) is 0 Å². The predicted octanol–water partition coefficient (Wildman–Crippen LogP) is 4.36. The zero-order chi connectivity index (χ0) is 17.7. The maximum Gasteiger partial charge on any atom is 0.291 e. The van der Waals surface area contributed by atoms with Crippen molar-refractivity contribution in [2.75, 3.05) is 5.73 Å². The van der Waals surface area contributed by atoms with E-state index in [-0.39, 0.29) is 26.6 Å². The van der Waals surface area contributed by atoms with E-state index in [0.717, 1.165) is 12.1 Å². The van der Waals surface area contributed by atoms with Crippen LogP contribution in [0.1, 0.15) is 29.4 Å². The molecule has 0 aliphatic rings. The number of benzene rings is 1. The lowest BCUT2D eigenvalue weighted by Crippen LogP contribution is -2.21. The molecule has 1 amide bonds. The molecule has 0 unspecified atom stereocenters. The molecule has 0 radical (unpaired) electrons. The Morgan fingerprint density at radius 2 is 1.88 bits per heavy atom. The number of rotatable bonds is 5. The molecule has 0 aliphatic heterocycles. The molecule has 8 heteroatoms. The first-order chi connectivity index (χ1) is 11.4. The number of hydrazone groups is 1. The van der Waals surface area contributed by atoms with Crippen LogP contribution in [0.3, 0.4) is 0 Å². The van der Waals surface area contributed by atoms with Crippen molar-refractivity contribution in [1.82, 2.24) is 10.4 Å². The fourth-order valence-electron chi connectivity index (χ4n) is 1.91. The Kier molecular flexibility index (Phi) is 6.43. The molecule has 0 bridgehead atoms. The van der Waals surface area contributed by atoms with Gasteiger partial charge in [0.05, 0.1) is 10.7 Å². The largest absolute Gasteiger partial charge is 0.396 e. The van der Waals surface area contributed by atoms with Gasteiger partial charge in [0.2, 0.25) is 0 Å². The van der Waals surface area contributed by atoms with Crippen molar-refractivity contribution in [3.05, 3.63) is 56.8 Å². The Labute approximate surface area is 154 Å². The first kappa shape index (κ1) is 18.5. The summed E-state index contributed by atoms with van der Waals surface area (Å²) in [6.45, 7) is 1.82. The number of carbonyl (C=O) groups is 1. The Balaban J connectivity index is 2.02. The van der Waals surface area contributed by atoms with Crippen LogP contribution in [0.25, 0.3) is 0 Å². The third kappa shape index (κ3) is 4.60. The highest BCUT2D eigenvalue weighted by atomic mass is 35.5. The molecule has 0 saturated carbocycles. The fourth-order valence-corrected chi connectivity index (χ4v) is 2.50. The van der Waals surface area contributed by atoms with Gasteiger partial charge in [0.15, 0.2) is 10.8 Å². The maximum atomic E-state index is 12.1. The summed E-state index contributed by atoms with van der Waals surface area (Å²) in [5, 5.41) is 3.91. The lowest BCUT2D eigenvalue weighted by molar-refractivity contribution is 0.0950. The summed E-state index contributed by atoms with van der Waals surface area (Å²) >= 11 is 17.6. The van der Waals surface area contributed by atoms with Crippen LogP contribution in [-0.4, -0.2) is 16.6 Å². The van der Waals surface area contributed by atoms with Crippen LogP contribution in [0.4, 0.5) is 5.69 Å². The number of anilines is 1. The minimum absolute atomic E-state index is 0.00765. The Morgan fingerprint density at radius 1 is 1.21 bits per heavy atom. The zero-order valence-electron chi connectivity index (χ0n) is 12.8. The summed E-state index contributed by atoms with van der Waals surface area (Å²) in [4.78, 5) is 16.0. The SMILES string of the molecule is C/C(CCc1ccccc1)=N\NC(=O)c1nc(Cl)c(Cl)c(N)c1Cl. The van der Waals surface area contributed by atoms with Crippen LogP contribution in [0.5, 0.6) is 0 Å². The summed E-state index contributed by atoms with van der Waals surface area (Å²) in [5.74, 6) is -0.607. The highest BCUT2D eigenvalue weighted by Gasteiger charge is 2.19. The molecule has 0 atom stereocenters. The summed E-state index contributed by atoms with van der Waals surface area (Å²) in [7, 11) is 0. The van der Waals surface area contributed by atoms with Crippen molar-refractivity contribution in [3.63, 3.8) is 0 Å². The van der Waals surface area contributed by atoms with Crippen molar-refractivity contribution < 1.29 is 4.79 Å². The summed E-state index contributed by atoms with van der Waals surface area (Å²) in [6.07, 6.45) is 1.53. The number of amides is 1. The fraction of sp³-hybridized carbons (Fsp3) is 0.188. The summed E-state index contributed by atoms with van der Waals surface area (Å²) in [5.41, 5.74) is 9.92. The third-order valence-electron chi connectivity index (χ3n) is 3.25. The second-order valence-electron chi connectivity index (χ2n) is 5.07. The van der Waals surface area contributed by atoms with Crippen LogP contribution in [0.15, 0.2) is 35.4 Å². The number of nitrogens with zero attached hydrogens (tertiary/aromatic N) is 2. The van der Waals surface area contributed by atoms with Gasteiger partial charge in [-0.1, -0.05) is 65.1 Å². The van der Waals surface area contributed by atoms with Crippen molar-refractivity contribution >= 4 is 52.1 Å². The highest BCUT2D eigenvalue weighted by Crippen LogP contribution is 2.34. The van der Waals surface area contributed by atoms with Gasteiger partial charge in [-0.3, -0.25) is 4.79 Å². The zero-order valence-corrected chi connectivity index (χ0v) is 15.1. The molecule has 5 nitrogen and oxygen atoms in total. The molecular formula is C16H15Cl3N4O. The normalized spacial score (nSPS) is 11.4. The second kappa shape index (κ2) is 8.33. The highest BCUT2D eigenvalue weighted by molar-refractivity contribution is 6.46. The molecule has 1 heterocycles. The lowest BCUT2D eigenvalue weighted by atomic mass is 10.1. The van der Waals surface area contributed by atoms with Crippen molar-refractivity contribution in [3.8, 4) is 0 Å². The number of nitrogens with two attached hydrogens (primary N) is 1. The van der Waals surface area contributed by atoms with E-state index in [1.807, 2.05) is 37.3 Å². The minimum Gasteiger partial charge on any atom is -0.396 e. The monoisotopic (exact) mass is 384 g/mol. The molecule has 0 saturated heterocycles. The Bertz CT molecular complexity index is 779. The van der Waals surface area contributed by atoms with Crippen molar-refractivity contribution in [2.45, 2.75) is 19.8 Å². The van der Waals surface area contributed by atoms with Gasteiger partial charge in [0, 0.05) is 5.71 Å². The van der Waals surface area contributed by atoms with Crippen LogP contribution in [-0.2, 0) is 6.42 Å². The summed E-state index contributed by atoms with van der Waals surface area (Å²) in [6, 6.07) is 9.99. The number of aryl methyl sites for hydroxylation is 1. The topological polar surface area (TPSA) is 80.4 Å². The van der Waals surface area contributed by atoms with Gasteiger partial charge in [0.25, 0.3) is 5.91 Å². The van der Waals surface area contributed by atoms with E-state index in [1.165, 1.54) is 5.56 Å². The van der Waals surface area contributed by atoms with Gasteiger partial charge in [-0.25, -0.2) is 10.4 Å². The standard InChI is InChI=1S/C16H15Cl3N4O/c1-9(7-8-10-5-3-2-4-6-10)22-23-16(24)14-11(17)13(20)12(18)15(19)21-14/h2-6H,7-8H2,1H3,(H2,20,21)(H,23,24)/b22-9+. The first-order valence-corrected chi connectivity index (χ1v) is 8.21. The number of nitrogens with one attached hydrogen (secondary N) is 1. The lowest BCUT2D eigenvalue weighted by Gasteiger charge is -2.08. The number of hydrogen-bond donors (Lipinski definition) is 2. The van der Waals surface area contributed by atoms with E-state index in [0.29, 0.717) is 6.42 Å². The van der Waals surface area contributed by atoms with E-state index in [9.17, 15) is 4.79 Å². The molecule has 0 spiro atoms. The van der Waals surface area contributed by atoms with Crippen LogP contribution in [0.2, 0.25) is 15.2 Å². The van der Waals surface area contributed by atoms with Crippen LogP contribution >= 0.6 is 34.8 Å². The minimum atomic E-state index is -0.607. The quantitative estimate of drug-likeness (QED) is 0.456. The average Bonchev–Trinajstić information content (AvgIpc) is 2.60. The van der Waals surface area contributed by atoms with E-state index in [2.05, 4.69) is 15.5 Å². The van der Waals surface area contributed by atoms with Gasteiger partial charge in [-0.2, -0.15) is 5.10 Å². The molecule has 2 aromatic rings. The van der Waals surface area contributed by atoms with E-state index in [4.69, 9.17) is 40.5 Å². The number of nitrogen functional groups attached to an aromatic ring is 1. The van der Waals surface area contributed by atoms with Gasteiger partial charge in [-0.15, -0.1) is 0 Å². The number of carbonyl (C=O) groups excluding carboxylic acids is 1. The molecule has 2 rings (SSSR count). The molecular weight excluding hydrogens is 371 g/mol. The molecule has 126 valence electrons. The van der Waals surface area contributed by atoms with E-state index >= 15 is 0 Å². The predicted molar refractivity (Wildman–Crippen MR) is 99.0 cm³/mol.